The zero-order valence-corrected chi connectivity index (χ0v) is 11.9. The molecule has 1 aromatic rings. The van der Waals surface area contributed by atoms with Gasteiger partial charge < -0.3 is 14.6 Å². The van der Waals surface area contributed by atoms with Crippen molar-refractivity contribution in [3.05, 3.63) is 30.3 Å². The Bertz CT molecular complexity index is 319. The summed E-state index contributed by atoms with van der Waals surface area (Å²) in [6.07, 6.45) is 0.275. The predicted octanol–water partition coefficient (Wildman–Crippen LogP) is 2.53. The van der Waals surface area contributed by atoms with E-state index in [1.165, 1.54) is 7.11 Å². The van der Waals surface area contributed by atoms with Crippen LogP contribution in [0.2, 0.25) is 0 Å². The summed E-state index contributed by atoms with van der Waals surface area (Å²) in [4.78, 5) is 20.7. The minimum Gasteiger partial charge on any atom is -0.508 e. The van der Waals surface area contributed by atoms with Crippen LogP contribution in [0, 0.1) is 0 Å². The van der Waals surface area contributed by atoms with Crippen molar-refractivity contribution in [1.29, 1.82) is 0 Å². The van der Waals surface area contributed by atoms with Gasteiger partial charge in [-0.2, -0.15) is 0 Å². The van der Waals surface area contributed by atoms with E-state index in [-0.39, 0.29) is 13.0 Å². The molecule has 0 saturated carbocycles. The van der Waals surface area contributed by atoms with Crippen LogP contribution in [0.3, 0.4) is 0 Å². The molecule has 5 nitrogen and oxygen atoms in total. The molecule has 5 heteroatoms. The van der Waals surface area contributed by atoms with Crippen molar-refractivity contribution in [2.45, 2.75) is 27.2 Å². The van der Waals surface area contributed by atoms with Crippen molar-refractivity contribution in [2.75, 3.05) is 13.7 Å². The van der Waals surface area contributed by atoms with Gasteiger partial charge in [0.1, 0.15) is 5.75 Å². The third kappa shape index (κ3) is 13.9. The molecule has 0 saturated heterocycles. The second kappa shape index (κ2) is 14.0. The number of benzene rings is 1. The summed E-state index contributed by atoms with van der Waals surface area (Å²) in [6.45, 7) is 5.36. The van der Waals surface area contributed by atoms with Crippen LogP contribution >= 0.6 is 0 Å². The molecule has 0 amide bonds. The Balaban J connectivity index is 0. The summed E-state index contributed by atoms with van der Waals surface area (Å²) in [5, 5.41) is 8.63. The summed E-state index contributed by atoms with van der Waals surface area (Å²) >= 11 is 0. The number of phenolic OH excluding ortho intramolecular Hbond substituents is 1. The van der Waals surface area contributed by atoms with Gasteiger partial charge in [0.2, 0.25) is 0 Å². The molecule has 19 heavy (non-hydrogen) atoms. The molecule has 0 bridgehead atoms. The first-order chi connectivity index (χ1) is 9.10. The van der Waals surface area contributed by atoms with Gasteiger partial charge in [-0.1, -0.05) is 39.0 Å². The molecule has 0 unspecified atom stereocenters. The number of methoxy groups -OCH3 is 1. The number of esters is 2. The Morgan fingerprint density at radius 2 is 1.63 bits per heavy atom. The molecule has 108 valence electrons. The lowest BCUT2D eigenvalue weighted by Gasteiger charge is -1.99. The minimum absolute atomic E-state index is 0.275. The zero-order valence-electron chi connectivity index (χ0n) is 11.9. The summed E-state index contributed by atoms with van der Waals surface area (Å²) in [5.74, 6) is -0.616. The highest BCUT2D eigenvalue weighted by Crippen LogP contribution is 2.02. The summed E-state index contributed by atoms with van der Waals surface area (Å²) in [5.41, 5.74) is 0. The molecule has 1 aromatic carbocycles. The maximum Gasteiger partial charge on any atom is 0.344 e. The van der Waals surface area contributed by atoms with Crippen molar-refractivity contribution in [1.82, 2.24) is 0 Å². The van der Waals surface area contributed by atoms with Crippen LogP contribution in [-0.2, 0) is 19.1 Å². The molecular formula is C14H22O5. The standard InChI is InChI=1S/C6H10O4.C6H6O.C2H6/c1-3-5(7)10-4-6(8)9-2;7-6-4-2-1-3-5-6;1-2/h3-4H2,1-2H3;1-5,7H;1-2H3. The number of carbonyl (C=O) groups excluding carboxylic acids is 2. The molecule has 0 aliphatic heterocycles. The lowest BCUT2D eigenvalue weighted by molar-refractivity contribution is -0.156. The third-order valence-corrected chi connectivity index (χ3v) is 1.62. The molecule has 1 N–H and O–H groups in total. The van der Waals surface area contributed by atoms with E-state index in [1.807, 2.05) is 19.9 Å². The van der Waals surface area contributed by atoms with E-state index in [2.05, 4.69) is 9.47 Å². The molecule has 0 atom stereocenters. The average Bonchev–Trinajstić information content (AvgIpc) is 2.47. The number of carbonyl (C=O) groups is 2. The van der Waals surface area contributed by atoms with Gasteiger partial charge in [0, 0.05) is 6.42 Å². The van der Waals surface area contributed by atoms with E-state index in [0.717, 1.165) is 0 Å². The van der Waals surface area contributed by atoms with Crippen LogP contribution in [0.1, 0.15) is 27.2 Å². The number of hydrogen-bond donors (Lipinski definition) is 1. The molecule has 0 fully saturated rings. The Kier molecular flexibility index (Phi) is 14.2. The fraction of sp³-hybridized carbons (Fsp3) is 0.429. The highest BCUT2D eigenvalue weighted by Gasteiger charge is 2.03. The van der Waals surface area contributed by atoms with Crippen LogP contribution in [0.15, 0.2) is 30.3 Å². The summed E-state index contributed by atoms with van der Waals surface area (Å²) < 4.78 is 8.66. The molecule has 0 radical (unpaired) electrons. The van der Waals surface area contributed by atoms with Gasteiger partial charge in [-0.25, -0.2) is 4.79 Å². The number of para-hydroxylation sites is 1. The smallest absolute Gasteiger partial charge is 0.344 e. The molecule has 0 heterocycles. The SMILES string of the molecule is CC.CCC(=O)OCC(=O)OC.Oc1ccccc1. The Hall–Kier alpha value is -2.04. The van der Waals surface area contributed by atoms with Crippen molar-refractivity contribution < 1.29 is 24.2 Å². The summed E-state index contributed by atoms with van der Waals surface area (Å²) in [6, 6.07) is 8.71. The average molecular weight is 270 g/mol. The second-order valence-electron chi connectivity index (χ2n) is 2.93. The lowest BCUT2D eigenvalue weighted by atomic mass is 10.3. The Labute approximate surface area is 114 Å². The number of ether oxygens (including phenoxy) is 2. The maximum absolute atomic E-state index is 10.4. The van der Waals surface area contributed by atoms with Gasteiger partial charge in [0.15, 0.2) is 6.61 Å². The van der Waals surface area contributed by atoms with Crippen molar-refractivity contribution in [2.24, 2.45) is 0 Å². The van der Waals surface area contributed by atoms with E-state index < -0.39 is 11.9 Å². The van der Waals surface area contributed by atoms with Crippen molar-refractivity contribution >= 4 is 11.9 Å². The highest BCUT2D eigenvalue weighted by atomic mass is 16.6. The summed E-state index contributed by atoms with van der Waals surface area (Å²) in [7, 11) is 1.24. The van der Waals surface area contributed by atoms with Gasteiger partial charge in [-0.05, 0) is 12.1 Å². The minimum atomic E-state index is -0.540. The molecule has 1 rings (SSSR count). The normalized spacial score (nSPS) is 8.00. The number of phenols is 1. The first-order valence-electron chi connectivity index (χ1n) is 6.06. The first kappa shape index (κ1) is 19.3. The Morgan fingerprint density at radius 1 is 1.11 bits per heavy atom. The van der Waals surface area contributed by atoms with Crippen LogP contribution in [0.5, 0.6) is 5.75 Å². The van der Waals surface area contributed by atoms with E-state index in [1.54, 1.807) is 31.2 Å². The van der Waals surface area contributed by atoms with Gasteiger partial charge in [-0.3, -0.25) is 4.79 Å². The quantitative estimate of drug-likeness (QED) is 0.854. The zero-order chi connectivity index (χ0) is 15.1. The fourth-order valence-electron chi connectivity index (χ4n) is 0.728. The van der Waals surface area contributed by atoms with E-state index in [9.17, 15) is 9.59 Å². The molecule has 0 aromatic heterocycles. The topological polar surface area (TPSA) is 72.8 Å². The van der Waals surface area contributed by atoms with Crippen LogP contribution in [0.4, 0.5) is 0 Å². The Morgan fingerprint density at radius 3 is 1.95 bits per heavy atom. The van der Waals surface area contributed by atoms with Gasteiger partial charge >= 0.3 is 11.9 Å². The van der Waals surface area contributed by atoms with Crippen LogP contribution < -0.4 is 0 Å². The lowest BCUT2D eigenvalue weighted by Crippen LogP contribution is -2.13. The third-order valence-electron chi connectivity index (χ3n) is 1.62. The van der Waals surface area contributed by atoms with Gasteiger partial charge in [-0.15, -0.1) is 0 Å². The first-order valence-corrected chi connectivity index (χ1v) is 6.06. The predicted molar refractivity (Wildman–Crippen MR) is 72.7 cm³/mol. The maximum atomic E-state index is 10.4. The fourth-order valence-corrected chi connectivity index (χ4v) is 0.728. The highest BCUT2D eigenvalue weighted by molar-refractivity contribution is 5.76. The molecule has 0 aliphatic carbocycles. The van der Waals surface area contributed by atoms with E-state index in [0.29, 0.717) is 5.75 Å². The van der Waals surface area contributed by atoms with Gasteiger partial charge in [0.05, 0.1) is 7.11 Å². The van der Waals surface area contributed by atoms with Crippen LogP contribution in [0.25, 0.3) is 0 Å². The number of rotatable bonds is 3. The largest absolute Gasteiger partial charge is 0.508 e. The van der Waals surface area contributed by atoms with Crippen molar-refractivity contribution in [3.63, 3.8) is 0 Å². The monoisotopic (exact) mass is 270 g/mol. The molecule has 0 aliphatic rings. The van der Waals surface area contributed by atoms with Crippen LogP contribution in [-0.4, -0.2) is 30.8 Å². The second-order valence-corrected chi connectivity index (χ2v) is 2.93. The van der Waals surface area contributed by atoms with E-state index >= 15 is 0 Å². The number of hydrogen-bond acceptors (Lipinski definition) is 5. The molecular weight excluding hydrogens is 248 g/mol. The van der Waals surface area contributed by atoms with Crippen molar-refractivity contribution in [3.8, 4) is 5.75 Å². The number of aromatic hydroxyl groups is 1. The van der Waals surface area contributed by atoms with E-state index in [4.69, 9.17) is 5.11 Å². The van der Waals surface area contributed by atoms with Gasteiger partial charge in [0.25, 0.3) is 0 Å². The molecule has 0 spiro atoms.